The molecule has 1 atom stereocenters. The van der Waals surface area contributed by atoms with Crippen molar-refractivity contribution in [2.75, 3.05) is 13.1 Å². The number of carbonyl (C=O) groups is 2. The number of ether oxygens (including phenoxy) is 1. The van der Waals surface area contributed by atoms with Crippen LogP contribution in [-0.2, 0) is 9.53 Å². The molecule has 1 heterocycles. The first-order valence-corrected chi connectivity index (χ1v) is 9.51. The first-order valence-electron chi connectivity index (χ1n) is 9.51. The Morgan fingerprint density at radius 2 is 1.96 bits per heavy atom. The maximum Gasteiger partial charge on any atom is 0.407 e. The second-order valence-electron chi connectivity index (χ2n) is 8.12. The molecule has 5 heteroatoms. The van der Waals surface area contributed by atoms with Gasteiger partial charge in [-0.05, 0) is 70.6 Å². The average Bonchev–Trinajstić information content (AvgIpc) is 3.02. The van der Waals surface area contributed by atoms with Gasteiger partial charge in [0.05, 0.1) is 6.04 Å². The number of nitrogens with one attached hydrogen (secondary N) is 1. The molecule has 0 aliphatic carbocycles. The van der Waals surface area contributed by atoms with Crippen LogP contribution in [0.4, 0.5) is 4.79 Å². The molecular formula is C21H32N2O3. The van der Waals surface area contributed by atoms with Crippen LogP contribution in [0.15, 0.2) is 18.2 Å². The van der Waals surface area contributed by atoms with E-state index < -0.39 is 11.7 Å². The van der Waals surface area contributed by atoms with Crippen molar-refractivity contribution in [3.05, 3.63) is 34.9 Å². The van der Waals surface area contributed by atoms with Gasteiger partial charge in [-0.15, -0.1) is 0 Å². The van der Waals surface area contributed by atoms with Crippen molar-refractivity contribution in [2.45, 2.75) is 71.9 Å². The van der Waals surface area contributed by atoms with Gasteiger partial charge >= 0.3 is 6.09 Å². The second kappa shape index (κ2) is 8.56. The zero-order valence-electron chi connectivity index (χ0n) is 16.7. The van der Waals surface area contributed by atoms with Gasteiger partial charge in [0.25, 0.3) is 0 Å². The number of hydrogen-bond donors (Lipinski definition) is 1. The fourth-order valence-corrected chi connectivity index (χ4v) is 3.27. The molecule has 1 aromatic rings. The number of aryl methyl sites for hydroxylation is 2. The number of carbonyl (C=O) groups excluding carboxylic acids is 2. The number of rotatable bonds is 5. The van der Waals surface area contributed by atoms with Gasteiger partial charge in [0, 0.05) is 19.5 Å². The molecule has 1 fully saturated rings. The number of alkyl carbamates (subject to hydrolysis) is 1. The molecule has 1 aromatic carbocycles. The van der Waals surface area contributed by atoms with Crippen LogP contribution < -0.4 is 5.32 Å². The van der Waals surface area contributed by atoms with Gasteiger partial charge in [-0.25, -0.2) is 4.79 Å². The van der Waals surface area contributed by atoms with Crippen LogP contribution in [0.25, 0.3) is 0 Å². The normalized spacial score (nSPS) is 17.3. The lowest BCUT2D eigenvalue weighted by Gasteiger charge is -2.26. The van der Waals surface area contributed by atoms with Gasteiger partial charge in [0.2, 0.25) is 5.91 Å². The summed E-state index contributed by atoms with van der Waals surface area (Å²) in [5.74, 6) is 0.164. The minimum absolute atomic E-state index is 0.164. The SMILES string of the molecule is Cc1ccc(C2CCCN2C(=O)CCCNC(=O)OC(C)(C)C)cc1C. The monoisotopic (exact) mass is 360 g/mol. The van der Waals surface area contributed by atoms with E-state index in [1.165, 1.54) is 16.7 Å². The lowest BCUT2D eigenvalue weighted by Crippen LogP contribution is -2.34. The molecule has 0 aromatic heterocycles. The molecule has 0 radical (unpaired) electrons. The first-order chi connectivity index (χ1) is 12.2. The summed E-state index contributed by atoms with van der Waals surface area (Å²) in [7, 11) is 0. The minimum Gasteiger partial charge on any atom is -0.444 e. The molecule has 144 valence electrons. The first kappa shape index (κ1) is 20.3. The summed E-state index contributed by atoms with van der Waals surface area (Å²) in [5, 5.41) is 2.71. The average molecular weight is 360 g/mol. The van der Waals surface area contributed by atoms with E-state index >= 15 is 0 Å². The Morgan fingerprint density at radius 1 is 1.23 bits per heavy atom. The Kier molecular flexibility index (Phi) is 6.68. The third-order valence-corrected chi connectivity index (χ3v) is 4.72. The van der Waals surface area contributed by atoms with Crippen molar-refractivity contribution in [3.63, 3.8) is 0 Å². The van der Waals surface area contributed by atoms with E-state index in [1.54, 1.807) is 0 Å². The van der Waals surface area contributed by atoms with Crippen molar-refractivity contribution in [3.8, 4) is 0 Å². The van der Waals surface area contributed by atoms with Gasteiger partial charge in [0.15, 0.2) is 0 Å². The van der Waals surface area contributed by atoms with Crippen LogP contribution in [-0.4, -0.2) is 35.6 Å². The Labute approximate surface area is 157 Å². The molecule has 0 bridgehead atoms. The van der Waals surface area contributed by atoms with Crippen LogP contribution in [0, 0.1) is 13.8 Å². The zero-order chi connectivity index (χ0) is 19.3. The molecular weight excluding hydrogens is 328 g/mol. The number of hydrogen-bond acceptors (Lipinski definition) is 3. The number of likely N-dealkylation sites (tertiary alicyclic amines) is 1. The van der Waals surface area contributed by atoms with Crippen molar-refractivity contribution in [2.24, 2.45) is 0 Å². The molecule has 26 heavy (non-hydrogen) atoms. The third-order valence-electron chi connectivity index (χ3n) is 4.72. The molecule has 1 unspecified atom stereocenters. The lowest BCUT2D eigenvalue weighted by molar-refractivity contribution is -0.132. The summed E-state index contributed by atoms with van der Waals surface area (Å²) in [6.07, 6.45) is 2.69. The second-order valence-corrected chi connectivity index (χ2v) is 8.12. The number of amides is 2. The van der Waals surface area contributed by atoms with Crippen LogP contribution in [0.2, 0.25) is 0 Å². The highest BCUT2D eigenvalue weighted by molar-refractivity contribution is 5.77. The van der Waals surface area contributed by atoms with Crippen molar-refractivity contribution >= 4 is 12.0 Å². The van der Waals surface area contributed by atoms with E-state index in [9.17, 15) is 9.59 Å². The fourth-order valence-electron chi connectivity index (χ4n) is 3.27. The highest BCUT2D eigenvalue weighted by Crippen LogP contribution is 2.33. The molecule has 2 rings (SSSR count). The quantitative estimate of drug-likeness (QED) is 0.798. The smallest absolute Gasteiger partial charge is 0.407 e. The molecule has 0 spiro atoms. The van der Waals surface area contributed by atoms with Crippen LogP contribution >= 0.6 is 0 Å². The molecule has 5 nitrogen and oxygen atoms in total. The van der Waals surface area contributed by atoms with E-state index in [0.717, 1.165) is 19.4 Å². The molecule has 1 N–H and O–H groups in total. The molecule has 2 amide bonds. The zero-order valence-corrected chi connectivity index (χ0v) is 16.7. The number of nitrogens with zero attached hydrogens (tertiary/aromatic N) is 1. The van der Waals surface area contributed by atoms with E-state index in [2.05, 4.69) is 37.4 Å². The van der Waals surface area contributed by atoms with Crippen molar-refractivity contribution < 1.29 is 14.3 Å². The minimum atomic E-state index is -0.505. The van der Waals surface area contributed by atoms with Gasteiger partial charge in [-0.2, -0.15) is 0 Å². The van der Waals surface area contributed by atoms with E-state index in [-0.39, 0.29) is 11.9 Å². The van der Waals surface area contributed by atoms with Crippen molar-refractivity contribution in [1.29, 1.82) is 0 Å². The van der Waals surface area contributed by atoms with E-state index in [0.29, 0.717) is 19.4 Å². The summed E-state index contributed by atoms with van der Waals surface area (Å²) < 4.78 is 5.19. The van der Waals surface area contributed by atoms with Crippen molar-refractivity contribution in [1.82, 2.24) is 10.2 Å². The largest absolute Gasteiger partial charge is 0.444 e. The van der Waals surface area contributed by atoms with E-state index in [4.69, 9.17) is 4.74 Å². The number of benzene rings is 1. The fraction of sp³-hybridized carbons (Fsp3) is 0.619. The van der Waals surface area contributed by atoms with Crippen LogP contribution in [0.5, 0.6) is 0 Å². The van der Waals surface area contributed by atoms with Gasteiger partial charge in [-0.1, -0.05) is 18.2 Å². The topological polar surface area (TPSA) is 58.6 Å². The Balaban J connectivity index is 1.83. The highest BCUT2D eigenvalue weighted by Gasteiger charge is 2.29. The summed E-state index contributed by atoms with van der Waals surface area (Å²) in [6.45, 7) is 11.0. The Hall–Kier alpha value is -2.04. The molecule has 1 aliphatic rings. The van der Waals surface area contributed by atoms with Gasteiger partial charge in [0.1, 0.15) is 5.60 Å². The predicted molar refractivity (Wildman–Crippen MR) is 103 cm³/mol. The van der Waals surface area contributed by atoms with Gasteiger partial charge < -0.3 is 15.0 Å². The maximum absolute atomic E-state index is 12.6. The molecule has 1 saturated heterocycles. The summed E-state index contributed by atoms with van der Waals surface area (Å²) >= 11 is 0. The Morgan fingerprint density at radius 3 is 2.62 bits per heavy atom. The Bertz CT molecular complexity index is 649. The molecule has 0 saturated carbocycles. The van der Waals surface area contributed by atoms with Crippen LogP contribution in [0.1, 0.15) is 69.2 Å². The van der Waals surface area contributed by atoms with E-state index in [1.807, 2.05) is 25.7 Å². The third kappa shape index (κ3) is 5.75. The maximum atomic E-state index is 12.6. The summed E-state index contributed by atoms with van der Waals surface area (Å²) in [4.78, 5) is 26.3. The predicted octanol–water partition coefficient (Wildman–Crippen LogP) is 4.27. The standard InChI is InChI=1S/C21H32N2O3/c1-15-10-11-17(14-16(15)2)18-8-7-13-23(18)19(24)9-6-12-22-20(25)26-21(3,4)5/h10-11,14,18H,6-9,12-13H2,1-5H3,(H,22,25). The summed E-state index contributed by atoms with van der Waals surface area (Å²) in [5.41, 5.74) is 3.27. The van der Waals surface area contributed by atoms with Gasteiger partial charge in [-0.3, -0.25) is 4.79 Å². The molecule has 1 aliphatic heterocycles. The summed E-state index contributed by atoms with van der Waals surface area (Å²) in [6, 6.07) is 6.66. The lowest BCUT2D eigenvalue weighted by atomic mass is 9.99. The highest BCUT2D eigenvalue weighted by atomic mass is 16.6. The van der Waals surface area contributed by atoms with Crippen LogP contribution in [0.3, 0.4) is 0 Å².